The van der Waals surface area contributed by atoms with E-state index >= 15 is 0 Å². The molecule has 3 aromatic rings. The van der Waals surface area contributed by atoms with Gasteiger partial charge in [0.15, 0.2) is 0 Å². The molecule has 0 saturated heterocycles. The molecule has 6 nitrogen and oxygen atoms in total. The summed E-state index contributed by atoms with van der Waals surface area (Å²) in [5.41, 5.74) is 1.54. The quantitative estimate of drug-likeness (QED) is 0.418. The first-order valence-corrected chi connectivity index (χ1v) is 12.3. The van der Waals surface area contributed by atoms with Gasteiger partial charge in [-0.3, -0.25) is 4.79 Å². The third-order valence-corrected chi connectivity index (χ3v) is 7.37. The van der Waals surface area contributed by atoms with E-state index in [2.05, 4.69) is 21.2 Å². The normalized spacial score (nSPS) is 11.4. The number of carbonyl (C=O) groups excluding carboxylic acids is 1. The molecule has 0 aliphatic rings. The Labute approximate surface area is 201 Å². The molecule has 1 N–H and O–H groups in total. The average Bonchev–Trinajstić information content (AvgIpc) is 2.78. The summed E-state index contributed by atoms with van der Waals surface area (Å²) >= 11 is 9.49. The van der Waals surface area contributed by atoms with Crippen LogP contribution in [0.2, 0.25) is 5.02 Å². The van der Waals surface area contributed by atoms with Crippen LogP contribution in [-0.4, -0.2) is 38.8 Å². The summed E-state index contributed by atoms with van der Waals surface area (Å²) in [5, 5.41) is 2.92. The molecule has 0 fully saturated rings. The number of hydrogen-bond acceptors (Lipinski definition) is 4. The molecule has 0 aliphatic carbocycles. The molecule has 0 saturated carbocycles. The van der Waals surface area contributed by atoms with E-state index in [-0.39, 0.29) is 23.0 Å². The van der Waals surface area contributed by atoms with Crippen molar-refractivity contribution in [3.63, 3.8) is 0 Å². The molecule has 9 heteroatoms. The number of nitrogens with one attached hydrogen (secondary N) is 1. The maximum absolute atomic E-state index is 13.4. The Hall–Kier alpha value is -2.39. The minimum Gasteiger partial charge on any atom is -0.495 e. The fourth-order valence-electron chi connectivity index (χ4n) is 3.03. The third-order valence-electron chi connectivity index (χ3n) is 4.70. The topological polar surface area (TPSA) is 75.7 Å². The summed E-state index contributed by atoms with van der Waals surface area (Å²) in [4.78, 5) is 12.7. The number of halogens is 2. The first kappa shape index (κ1) is 24.3. The van der Waals surface area contributed by atoms with Crippen LogP contribution in [0.25, 0.3) is 0 Å². The molecular formula is C23H22BrClN2O4S. The zero-order valence-electron chi connectivity index (χ0n) is 17.3. The van der Waals surface area contributed by atoms with Crippen molar-refractivity contribution in [2.45, 2.75) is 11.3 Å². The number of amides is 1. The van der Waals surface area contributed by atoms with Gasteiger partial charge in [0.1, 0.15) is 5.75 Å². The number of carbonyl (C=O) groups is 1. The maximum Gasteiger partial charge on any atom is 0.243 e. The Morgan fingerprint density at radius 1 is 1.06 bits per heavy atom. The molecule has 0 unspecified atom stereocenters. The Morgan fingerprint density at radius 3 is 2.38 bits per heavy atom. The summed E-state index contributed by atoms with van der Waals surface area (Å²) in [6, 6.07) is 20.8. The maximum atomic E-state index is 13.4. The highest BCUT2D eigenvalue weighted by Crippen LogP contribution is 2.28. The van der Waals surface area contributed by atoms with Crippen LogP contribution < -0.4 is 10.1 Å². The summed E-state index contributed by atoms with van der Waals surface area (Å²) in [6.45, 7) is -0.210. The Kier molecular flexibility index (Phi) is 8.31. The Balaban J connectivity index is 1.84. The van der Waals surface area contributed by atoms with E-state index in [4.69, 9.17) is 16.3 Å². The molecule has 0 aromatic heterocycles. The van der Waals surface area contributed by atoms with Crippen molar-refractivity contribution >= 4 is 49.1 Å². The monoisotopic (exact) mass is 536 g/mol. The second-order valence-corrected chi connectivity index (χ2v) is 10.2. The van der Waals surface area contributed by atoms with Gasteiger partial charge >= 0.3 is 0 Å². The van der Waals surface area contributed by atoms with Crippen LogP contribution in [0.4, 0.5) is 5.69 Å². The Bertz CT molecular complexity index is 1170. The fourth-order valence-corrected chi connectivity index (χ4v) is 5.04. The lowest BCUT2D eigenvalue weighted by atomic mass is 10.1. The minimum absolute atomic E-state index is 0.00666. The number of rotatable bonds is 9. The molecule has 0 atom stereocenters. The summed E-state index contributed by atoms with van der Waals surface area (Å²) in [5.74, 6) is -0.0713. The molecular weight excluding hydrogens is 516 g/mol. The van der Waals surface area contributed by atoms with Crippen LogP contribution in [0.3, 0.4) is 0 Å². The number of sulfonamides is 1. The van der Waals surface area contributed by atoms with Gasteiger partial charge in [-0.2, -0.15) is 4.31 Å². The lowest BCUT2D eigenvalue weighted by molar-refractivity contribution is -0.116. The van der Waals surface area contributed by atoms with Gasteiger partial charge < -0.3 is 10.1 Å². The number of nitrogens with zero attached hydrogens (tertiary/aromatic N) is 1. The molecule has 0 aliphatic heterocycles. The van der Waals surface area contributed by atoms with Crippen LogP contribution in [0.5, 0.6) is 5.75 Å². The molecule has 0 radical (unpaired) electrons. The number of methoxy groups -OCH3 is 1. The number of benzene rings is 3. The first-order valence-electron chi connectivity index (χ1n) is 9.72. The standard InChI is InChI=1S/C23H22BrClN2O4S/c1-31-22-12-11-20(15-21(22)25)32(29,30)27(14-13-17-5-3-2-4-6-17)16-23(28)26-19-9-7-18(24)8-10-19/h2-12,15H,13-14,16H2,1H3,(H,26,28). The zero-order valence-corrected chi connectivity index (χ0v) is 20.5. The zero-order chi connectivity index (χ0) is 23.1. The van der Waals surface area contributed by atoms with Crippen molar-refractivity contribution in [3.8, 4) is 5.75 Å². The second kappa shape index (κ2) is 11.0. The highest BCUT2D eigenvalue weighted by molar-refractivity contribution is 9.10. The first-order chi connectivity index (χ1) is 15.3. The highest BCUT2D eigenvalue weighted by atomic mass is 79.9. The molecule has 168 valence electrons. The molecule has 1 amide bonds. The van der Waals surface area contributed by atoms with E-state index in [1.807, 2.05) is 30.3 Å². The summed E-state index contributed by atoms with van der Waals surface area (Å²) in [6.07, 6.45) is 0.454. The smallest absolute Gasteiger partial charge is 0.243 e. The average molecular weight is 538 g/mol. The highest BCUT2D eigenvalue weighted by Gasteiger charge is 2.27. The lowest BCUT2D eigenvalue weighted by Gasteiger charge is -2.22. The lowest BCUT2D eigenvalue weighted by Crippen LogP contribution is -2.39. The molecule has 0 bridgehead atoms. The van der Waals surface area contributed by atoms with Gasteiger partial charge in [-0.25, -0.2) is 8.42 Å². The fraction of sp³-hybridized carbons (Fsp3) is 0.174. The van der Waals surface area contributed by atoms with E-state index in [9.17, 15) is 13.2 Å². The number of hydrogen-bond donors (Lipinski definition) is 1. The minimum atomic E-state index is -3.99. The van der Waals surface area contributed by atoms with Crippen LogP contribution in [0.15, 0.2) is 82.2 Å². The van der Waals surface area contributed by atoms with Gasteiger partial charge in [0.05, 0.1) is 23.6 Å². The largest absolute Gasteiger partial charge is 0.495 e. The van der Waals surface area contributed by atoms with Gasteiger partial charge in [0.25, 0.3) is 0 Å². The number of anilines is 1. The summed E-state index contributed by atoms with van der Waals surface area (Å²) in [7, 11) is -2.54. The predicted molar refractivity (Wildman–Crippen MR) is 130 cm³/mol. The molecule has 32 heavy (non-hydrogen) atoms. The van der Waals surface area contributed by atoms with E-state index in [0.717, 1.165) is 14.3 Å². The molecule has 3 aromatic carbocycles. The van der Waals surface area contributed by atoms with Crippen molar-refractivity contribution in [2.75, 3.05) is 25.5 Å². The third kappa shape index (κ3) is 6.32. The van der Waals surface area contributed by atoms with Crippen molar-refractivity contribution in [1.82, 2.24) is 4.31 Å². The van der Waals surface area contributed by atoms with Gasteiger partial charge in [-0.05, 0) is 54.4 Å². The van der Waals surface area contributed by atoms with E-state index in [0.29, 0.717) is 17.9 Å². The van der Waals surface area contributed by atoms with E-state index < -0.39 is 15.9 Å². The van der Waals surface area contributed by atoms with Crippen molar-refractivity contribution in [1.29, 1.82) is 0 Å². The van der Waals surface area contributed by atoms with Gasteiger partial charge in [-0.15, -0.1) is 0 Å². The number of ether oxygens (including phenoxy) is 1. The van der Waals surface area contributed by atoms with Crippen molar-refractivity contribution in [2.24, 2.45) is 0 Å². The SMILES string of the molecule is COc1ccc(S(=O)(=O)N(CCc2ccccc2)CC(=O)Nc2ccc(Br)cc2)cc1Cl. The van der Waals surface area contributed by atoms with Crippen molar-refractivity contribution < 1.29 is 17.9 Å². The van der Waals surface area contributed by atoms with Gasteiger partial charge in [0, 0.05) is 16.7 Å². The summed E-state index contributed by atoms with van der Waals surface area (Å²) < 4.78 is 33.9. The van der Waals surface area contributed by atoms with E-state index in [1.165, 1.54) is 25.3 Å². The van der Waals surface area contributed by atoms with Crippen molar-refractivity contribution in [3.05, 3.63) is 87.9 Å². The molecule has 3 rings (SSSR count). The van der Waals surface area contributed by atoms with Gasteiger partial charge in [-0.1, -0.05) is 57.9 Å². The van der Waals surface area contributed by atoms with Crippen LogP contribution in [0.1, 0.15) is 5.56 Å². The Morgan fingerprint density at radius 2 is 1.75 bits per heavy atom. The molecule has 0 heterocycles. The van der Waals surface area contributed by atoms with Crippen LogP contribution in [-0.2, 0) is 21.2 Å². The second-order valence-electron chi connectivity index (χ2n) is 6.93. The van der Waals surface area contributed by atoms with E-state index in [1.54, 1.807) is 24.3 Å². The predicted octanol–water partition coefficient (Wildman–Crippen LogP) is 4.98. The van der Waals surface area contributed by atoms with Crippen LogP contribution in [0, 0.1) is 0 Å². The van der Waals surface area contributed by atoms with Gasteiger partial charge in [0.2, 0.25) is 15.9 Å². The van der Waals surface area contributed by atoms with Crippen LogP contribution >= 0.6 is 27.5 Å². The molecule has 0 spiro atoms.